The van der Waals surface area contributed by atoms with Gasteiger partial charge in [-0.25, -0.2) is 4.98 Å². The number of hydrogen-bond acceptors (Lipinski definition) is 5. The van der Waals surface area contributed by atoms with Crippen molar-refractivity contribution in [2.45, 2.75) is 20.3 Å². The van der Waals surface area contributed by atoms with Crippen molar-refractivity contribution < 1.29 is 0 Å². The number of thiazole rings is 1. The van der Waals surface area contributed by atoms with E-state index < -0.39 is 0 Å². The van der Waals surface area contributed by atoms with Gasteiger partial charge in [0.25, 0.3) is 5.56 Å². The van der Waals surface area contributed by atoms with Crippen molar-refractivity contribution in [1.29, 1.82) is 0 Å². The lowest BCUT2D eigenvalue weighted by atomic mass is 10.2. The number of anilines is 1. The predicted octanol–water partition coefficient (Wildman–Crippen LogP) is 3.63. The summed E-state index contributed by atoms with van der Waals surface area (Å²) in [6, 6.07) is 5.54. The largest absolute Gasteiger partial charge is 0.361 e. The third kappa shape index (κ3) is 2.60. The minimum absolute atomic E-state index is 0.150. The number of hydrogen-bond donors (Lipinski definition) is 1. The average molecular weight is 335 g/mol. The Labute approximate surface area is 136 Å². The highest BCUT2D eigenvalue weighted by molar-refractivity contribution is 7.22. The quantitative estimate of drug-likeness (QED) is 0.791. The van der Waals surface area contributed by atoms with E-state index in [0.29, 0.717) is 21.1 Å². The standard InChI is InChI=1S/C15H15ClN4OS/c1-3-7-17-15-19-13-12(22-15)14(21)20(8-18-13)11-9(2)5-4-6-10(11)16/h4-6,8H,3,7H2,1-2H3,(H,17,19). The topological polar surface area (TPSA) is 59.8 Å². The van der Waals surface area contributed by atoms with Gasteiger partial charge in [-0.3, -0.25) is 9.36 Å². The number of aromatic nitrogens is 3. The number of rotatable bonds is 4. The second-order valence-corrected chi connectivity index (χ2v) is 6.33. The van der Waals surface area contributed by atoms with E-state index >= 15 is 0 Å². The van der Waals surface area contributed by atoms with Crippen LogP contribution in [0.25, 0.3) is 16.0 Å². The molecule has 0 aliphatic rings. The van der Waals surface area contributed by atoms with Crippen molar-refractivity contribution in [3.63, 3.8) is 0 Å². The summed E-state index contributed by atoms with van der Waals surface area (Å²) in [6.45, 7) is 4.81. The summed E-state index contributed by atoms with van der Waals surface area (Å²) in [5.41, 5.74) is 1.91. The van der Waals surface area contributed by atoms with Crippen molar-refractivity contribution in [2.75, 3.05) is 11.9 Å². The van der Waals surface area contributed by atoms with E-state index in [0.717, 1.165) is 23.7 Å². The first-order valence-corrected chi connectivity index (χ1v) is 8.18. The van der Waals surface area contributed by atoms with Gasteiger partial charge in [-0.05, 0) is 25.0 Å². The second kappa shape index (κ2) is 6.06. The summed E-state index contributed by atoms with van der Waals surface area (Å²) in [7, 11) is 0. The van der Waals surface area contributed by atoms with Crippen LogP contribution in [0.4, 0.5) is 5.13 Å². The zero-order chi connectivity index (χ0) is 15.7. The average Bonchev–Trinajstić information content (AvgIpc) is 2.91. The van der Waals surface area contributed by atoms with Gasteiger partial charge >= 0.3 is 0 Å². The summed E-state index contributed by atoms with van der Waals surface area (Å²) in [5.74, 6) is 0. The molecule has 2 aromatic heterocycles. The third-order valence-electron chi connectivity index (χ3n) is 3.27. The van der Waals surface area contributed by atoms with Crippen LogP contribution in [-0.4, -0.2) is 21.1 Å². The monoisotopic (exact) mass is 334 g/mol. The molecule has 0 saturated heterocycles. The second-order valence-electron chi connectivity index (χ2n) is 4.92. The van der Waals surface area contributed by atoms with Crippen LogP contribution >= 0.6 is 22.9 Å². The van der Waals surface area contributed by atoms with Gasteiger partial charge in [-0.2, -0.15) is 4.98 Å². The molecule has 1 N–H and O–H groups in total. The molecule has 0 spiro atoms. The smallest absolute Gasteiger partial charge is 0.277 e. The molecule has 0 unspecified atom stereocenters. The third-order valence-corrected chi connectivity index (χ3v) is 4.57. The molecule has 1 aromatic carbocycles. The maximum atomic E-state index is 12.7. The molecule has 22 heavy (non-hydrogen) atoms. The number of benzene rings is 1. The van der Waals surface area contributed by atoms with Gasteiger partial charge in [0, 0.05) is 6.54 Å². The zero-order valence-corrected chi connectivity index (χ0v) is 13.8. The highest BCUT2D eigenvalue weighted by Gasteiger charge is 2.14. The fourth-order valence-corrected chi connectivity index (χ4v) is 3.40. The minimum atomic E-state index is -0.150. The van der Waals surface area contributed by atoms with Gasteiger partial charge in [0.2, 0.25) is 0 Å². The Balaban J connectivity index is 2.16. The van der Waals surface area contributed by atoms with Crippen molar-refractivity contribution >= 4 is 38.4 Å². The van der Waals surface area contributed by atoms with E-state index in [-0.39, 0.29) is 5.56 Å². The molecule has 0 aliphatic heterocycles. The van der Waals surface area contributed by atoms with Crippen LogP contribution in [0.1, 0.15) is 18.9 Å². The molecule has 0 radical (unpaired) electrons. The highest BCUT2D eigenvalue weighted by Crippen LogP contribution is 2.25. The fraction of sp³-hybridized carbons (Fsp3) is 0.267. The summed E-state index contributed by atoms with van der Waals surface area (Å²) in [4.78, 5) is 21.4. The van der Waals surface area contributed by atoms with Gasteiger partial charge in [0.05, 0.1) is 10.7 Å². The Bertz CT molecular complexity index is 867. The molecule has 0 fully saturated rings. The van der Waals surface area contributed by atoms with Crippen molar-refractivity contribution in [3.8, 4) is 5.69 Å². The maximum Gasteiger partial charge on any atom is 0.277 e. The molecule has 0 bridgehead atoms. The summed E-state index contributed by atoms with van der Waals surface area (Å²) in [5, 5.41) is 4.43. The SMILES string of the molecule is CCCNc1nc2ncn(-c3c(C)cccc3Cl)c(=O)c2s1. The van der Waals surface area contributed by atoms with Crippen molar-refractivity contribution in [3.05, 3.63) is 45.5 Å². The molecule has 3 aromatic rings. The summed E-state index contributed by atoms with van der Waals surface area (Å²) >= 11 is 7.57. The normalized spacial score (nSPS) is 11.0. The fourth-order valence-electron chi connectivity index (χ4n) is 2.21. The zero-order valence-electron chi connectivity index (χ0n) is 12.3. The van der Waals surface area contributed by atoms with Crippen LogP contribution < -0.4 is 10.9 Å². The van der Waals surface area contributed by atoms with Gasteiger partial charge in [0.1, 0.15) is 11.0 Å². The highest BCUT2D eigenvalue weighted by atomic mass is 35.5. The van der Waals surface area contributed by atoms with Crippen LogP contribution in [0.2, 0.25) is 5.02 Å². The first-order chi connectivity index (χ1) is 10.6. The van der Waals surface area contributed by atoms with Crippen LogP contribution in [0, 0.1) is 6.92 Å². The van der Waals surface area contributed by atoms with E-state index in [1.807, 2.05) is 19.1 Å². The van der Waals surface area contributed by atoms with Gasteiger partial charge in [-0.1, -0.05) is 42.0 Å². The number of nitrogens with one attached hydrogen (secondary N) is 1. The van der Waals surface area contributed by atoms with Crippen LogP contribution in [-0.2, 0) is 0 Å². The Morgan fingerprint density at radius 2 is 2.23 bits per heavy atom. The number of nitrogens with zero attached hydrogens (tertiary/aromatic N) is 3. The lowest BCUT2D eigenvalue weighted by Crippen LogP contribution is -2.19. The lowest BCUT2D eigenvalue weighted by Gasteiger charge is -2.10. The molecule has 2 heterocycles. The molecule has 0 atom stereocenters. The molecule has 0 aliphatic carbocycles. The van der Waals surface area contributed by atoms with Crippen LogP contribution in [0.15, 0.2) is 29.3 Å². The number of aryl methyl sites for hydroxylation is 1. The summed E-state index contributed by atoms with van der Waals surface area (Å²) in [6.07, 6.45) is 2.48. The lowest BCUT2D eigenvalue weighted by molar-refractivity contribution is 0.950. The number of para-hydroxylation sites is 1. The Hall–Kier alpha value is -1.92. The van der Waals surface area contributed by atoms with Gasteiger partial charge < -0.3 is 5.32 Å². The Morgan fingerprint density at radius 3 is 2.95 bits per heavy atom. The first-order valence-electron chi connectivity index (χ1n) is 6.99. The Morgan fingerprint density at radius 1 is 1.41 bits per heavy atom. The van der Waals surface area contributed by atoms with E-state index in [1.165, 1.54) is 22.2 Å². The molecular weight excluding hydrogens is 320 g/mol. The minimum Gasteiger partial charge on any atom is -0.361 e. The first kappa shape index (κ1) is 15.0. The number of halogens is 1. The van der Waals surface area contributed by atoms with Gasteiger partial charge in [0.15, 0.2) is 10.8 Å². The molecule has 0 saturated carbocycles. The van der Waals surface area contributed by atoms with Crippen LogP contribution in [0.3, 0.4) is 0 Å². The van der Waals surface area contributed by atoms with E-state index in [1.54, 1.807) is 6.07 Å². The molecule has 0 amide bonds. The van der Waals surface area contributed by atoms with Crippen molar-refractivity contribution in [2.24, 2.45) is 0 Å². The molecule has 114 valence electrons. The van der Waals surface area contributed by atoms with Crippen molar-refractivity contribution in [1.82, 2.24) is 14.5 Å². The number of fused-ring (bicyclic) bond motifs is 1. The van der Waals surface area contributed by atoms with E-state index in [4.69, 9.17) is 11.6 Å². The molecule has 7 heteroatoms. The molecular formula is C15H15ClN4OS. The van der Waals surface area contributed by atoms with E-state index in [2.05, 4.69) is 22.2 Å². The maximum absolute atomic E-state index is 12.7. The molecule has 5 nitrogen and oxygen atoms in total. The van der Waals surface area contributed by atoms with E-state index in [9.17, 15) is 4.79 Å². The van der Waals surface area contributed by atoms with Gasteiger partial charge in [-0.15, -0.1) is 0 Å². The molecule has 3 rings (SSSR count). The predicted molar refractivity (Wildman–Crippen MR) is 91.5 cm³/mol. The Kier molecular flexibility index (Phi) is 4.13. The van der Waals surface area contributed by atoms with Crippen LogP contribution in [0.5, 0.6) is 0 Å². The summed E-state index contributed by atoms with van der Waals surface area (Å²) < 4.78 is 2.02.